The number of rotatable bonds is 9. The van der Waals surface area contributed by atoms with Crippen molar-refractivity contribution in [1.82, 2.24) is 24.8 Å². The molecular formula is C28H30FN5OS. The number of nitrogens with zero attached hydrogens (tertiary/aromatic N) is 4. The van der Waals surface area contributed by atoms with Crippen LogP contribution in [0.15, 0.2) is 72.0 Å². The van der Waals surface area contributed by atoms with Gasteiger partial charge < -0.3 is 14.8 Å². The van der Waals surface area contributed by atoms with E-state index in [1.165, 1.54) is 31.4 Å². The molecule has 0 unspecified atom stereocenters. The van der Waals surface area contributed by atoms with Gasteiger partial charge in [-0.2, -0.15) is 0 Å². The minimum absolute atomic E-state index is 0.0358. The predicted molar refractivity (Wildman–Crippen MR) is 142 cm³/mol. The van der Waals surface area contributed by atoms with E-state index in [0.717, 1.165) is 41.4 Å². The number of nitrogens with one attached hydrogen (secondary N) is 1. The van der Waals surface area contributed by atoms with Gasteiger partial charge in [0.25, 0.3) is 5.91 Å². The van der Waals surface area contributed by atoms with Crippen molar-refractivity contribution >= 4 is 28.8 Å². The number of aromatic nitrogens is 3. The molecule has 0 bridgehead atoms. The van der Waals surface area contributed by atoms with Crippen molar-refractivity contribution < 1.29 is 9.18 Å². The predicted octanol–water partition coefficient (Wildman–Crippen LogP) is 5.13. The van der Waals surface area contributed by atoms with E-state index < -0.39 is 0 Å². The minimum Gasteiger partial charge on any atom is -0.351 e. The summed E-state index contributed by atoms with van der Waals surface area (Å²) in [5.41, 5.74) is 4.43. The maximum absolute atomic E-state index is 13.3. The van der Waals surface area contributed by atoms with Crippen LogP contribution in [0.5, 0.6) is 0 Å². The summed E-state index contributed by atoms with van der Waals surface area (Å²) in [6.45, 7) is 4.46. The number of likely N-dealkylation sites (tertiary alicyclic amines) is 1. The summed E-state index contributed by atoms with van der Waals surface area (Å²) < 4.78 is 15.4. The molecule has 8 heteroatoms. The SMILES string of the molecule is O=C(NCCN1CCCCC1)c1ccc(Cn2c(SCc3ccc(F)cc3)nc3ncccc32)cc1. The van der Waals surface area contributed by atoms with Gasteiger partial charge in [0.2, 0.25) is 0 Å². The highest BCUT2D eigenvalue weighted by Crippen LogP contribution is 2.27. The normalized spacial score (nSPS) is 14.2. The van der Waals surface area contributed by atoms with Crippen LogP contribution in [0, 0.1) is 5.82 Å². The first-order chi connectivity index (χ1) is 17.7. The van der Waals surface area contributed by atoms with Crippen LogP contribution in [0.3, 0.4) is 0 Å². The fraction of sp³-hybridized carbons (Fsp3) is 0.321. The Labute approximate surface area is 214 Å². The number of benzene rings is 2. The Morgan fingerprint density at radius 3 is 2.50 bits per heavy atom. The summed E-state index contributed by atoms with van der Waals surface area (Å²) in [5.74, 6) is 0.408. The molecule has 1 saturated heterocycles. The molecule has 186 valence electrons. The molecule has 3 heterocycles. The van der Waals surface area contributed by atoms with E-state index in [2.05, 4.69) is 19.8 Å². The highest BCUT2D eigenvalue weighted by Gasteiger charge is 2.14. The van der Waals surface area contributed by atoms with Gasteiger partial charge in [-0.3, -0.25) is 4.79 Å². The van der Waals surface area contributed by atoms with Gasteiger partial charge in [0, 0.05) is 30.6 Å². The van der Waals surface area contributed by atoms with Crippen LogP contribution in [0.25, 0.3) is 11.2 Å². The number of piperidine rings is 1. The van der Waals surface area contributed by atoms with Crippen LogP contribution >= 0.6 is 11.8 Å². The summed E-state index contributed by atoms with van der Waals surface area (Å²) in [6.07, 6.45) is 5.57. The van der Waals surface area contributed by atoms with Gasteiger partial charge in [0.15, 0.2) is 10.8 Å². The van der Waals surface area contributed by atoms with E-state index >= 15 is 0 Å². The van der Waals surface area contributed by atoms with E-state index in [9.17, 15) is 9.18 Å². The average Bonchev–Trinajstić information content (AvgIpc) is 3.26. The van der Waals surface area contributed by atoms with Crippen molar-refractivity contribution in [3.05, 3.63) is 89.4 Å². The summed E-state index contributed by atoms with van der Waals surface area (Å²) in [5, 5.41) is 3.90. The van der Waals surface area contributed by atoms with Crippen molar-refractivity contribution in [2.24, 2.45) is 0 Å². The number of amides is 1. The Bertz CT molecular complexity index is 1300. The minimum atomic E-state index is -0.237. The lowest BCUT2D eigenvalue weighted by Crippen LogP contribution is -2.37. The Balaban J connectivity index is 1.24. The van der Waals surface area contributed by atoms with Crippen molar-refractivity contribution in [3.63, 3.8) is 0 Å². The Morgan fingerprint density at radius 2 is 1.72 bits per heavy atom. The molecule has 0 radical (unpaired) electrons. The van der Waals surface area contributed by atoms with Crippen LogP contribution in [0.1, 0.15) is 40.7 Å². The quantitative estimate of drug-likeness (QED) is 0.321. The van der Waals surface area contributed by atoms with Crippen LogP contribution in [-0.2, 0) is 12.3 Å². The van der Waals surface area contributed by atoms with Crippen molar-refractivity contribution in [3.8, 4) is 0 Å². The first kappa shape index (κ1) is 24.5. The maximum atomic E-state index is 13.3. The van der Waals surface area contributed by atoms with Gasteiger partial charge in [-0.05, 0) is 73.5 Å². The van der Waals surface area contributed by atoms with E-state index in [1.807, 2.05) is 36.4 Å². The number of thioether (sulfide) groups is 1. The van der Waals surface area contributed by atoms with Crippen LogP contribution in [-0.4, -0.2) is 51.5 Å². The fourth-order valence-corrected chi connectivity index (χ4v) is 5.45. The standard InChI is InChI=1S/C28H30FN5OS/c29-24-12-8-22(9-13-24)20-36-28-32-26-25(5-4-14-30-26)34(28)19-21-6-10-23(11-7-21)27(35)31-15-18-33-16-2-1-3-17-33/h4-14H,1-3,15-20H2,(H,31,35). The first-order valence-corrected chi connectivity index (χ1v) is 13.4. The summed E-state index contributed by atoms with van der Waals surface area (Å²) in [6, 6.07) is 18.2. The molecule has 1 N–H and O–H groups in total. The Hall–Kier alpha value is -3.23. The number of imidazole rings is 1. The zero-order chi connectivity index (χ0) is 24.7. The number of halogens is 1. The molecule has 1 aliphatic rings. The van der Waals surface area contributed by atoms with Gasteiger partial charge in [-0.15, -0.1) is 0 Å². The summed E-state index contributed by atoms with van der Waals surface area (Å²) in [4.78, 5) is 24.2. The zero-order valence-corrected chi connectivity index (χ0v) is 21.0. The van der Waals surface area contributed by atoms with E-state index in [4.69, 9.17) is 4.98 Å². The second kappa shape index (κ2) is 11.7. The van der Waals surface area contributed by atoms with Crippen molar-refractivity contribution in [1.29, 1.82) is 0 Å². The van der Waals surface area contributed by atoms with Crippen molar-refractivity contribution in [2.45, 2.75) is 36.7 Å². The second-order valence-corrected chi connectivity index (χ2v) is 10.0. The highest BCUT2D eigenvalue weighted by atomic mass is 32.2. The monoisotopic (exact) mass is 503 g/mol. The van der Waals surface area contributed by atoms with Gasteiger partial charge in [0.1, 0.15) is 5.82 Å². The molecule has 5 rings (SSSR count). The maximum Gasteiger partial charge on any atom is 0.251 e. The molecule has 1 fully saturated rings. The molecule has 0 spiro atoms. The molecule has 2 aromatic carbocycles. The van der Waals surface area contributed by atoms with Gasteiger partial charge in [-0.25, -0.2) is 14.4 Å². The lowest BCUT2D eigenvalue weighted by atomic mass is 10.1. The number of pyridine rings is 1. The third-order valence-corrected chi connectivity index (χ3v) is 7.54. The van der Waals surface area contributed by atoms with Gasteiger partial charge in [-0.1, -0.05) is 42.4 Å². The van der Waals surface area contributed by atoms with Crippen LogP contribution in [0.4, 0.5) is 4.39 Å². The zero-order valence-electron chi connectivity index (χ0n) is 20.2. The van der Waals surface area contributed by atoms with Gasteiger partial charge >= 0.3 is 0 Å². The van der Waals surface area contributed by atoms with E-state index in [-0.39, 0.29) is 11.7 Å². The largest absolute Gasteiger partial charge is 0.351 e. The van der Waals surface area contributed by atoms with Crippen LogP contribution in [0.2, 0.25) is 0 Å². The Kier molecular flexibility index (Phi) is 7.93. The number of carbonyl (C=O) groups excluding carboxylic acids is 1. The lowest BCUT2D eigenvalue weighted by molar-refractivity contribution is 0.0946. The average molecular weight is 504 g/mol. The van der Waals surface area contributed by atoms with Gasteiger partial charge in [0.05, 0.1) is 12.1 Å². The molecular weight excluding hydrogens is 473 g/mol. The molecule has 0 saturated carbocycles. The van der Waals surface area contributed by atoms with Crippen LogP contribution < -0.4 is 5.32 Å². The molecule has 36 heavy (non-hydrogen) atoms. The molecule has 6 nitrogen and oxygen atoms in total. The number of hydrogen-bond acceptors (Lipinski definition) is 5. The highest BCUT2D eigenvalue weighted by molar-refractivity contribution is 7.98. The summed E-state index contributed by atoms with van der Waals surface area (Å²) in [7, 11) is 0. The molecule has 1 amide bonds. The smallest absolute Gasteiger partial charge is 0.251 e. The third kappa shape index (κ3) is 6.12. The molecule has 4 aromatic rings. The Morgan fingerprint density at radius 1 is 0.972 bits per heavy atom. The lowest BCUT2D eigenvalue weighted by Gasteiger charge is -2.26. The second-order valence-electron chi connectivity index (χ2n) is 9.10. The summed E-state index contributed by atoms with van der Waals surface area (Å²) >= 11 is 1.60. The van der Waals surface area contributed by atoms with E-state index in [1.54, 1.807) is 30.1 Å². The number of fused-ring (bicyclic) bond motifs is 1. The topological polar surface area (TPSA) is 63.1 Å². The van der Waals surface area contributed by atoms with E-state index in [0.29, 0.717) is 30.1 Å². The molecule has 0 aliphatic carbocycles. The first-order valence-electron chi connectivity index (χ1n) is 12.4. The number of carbonyl (C=O) groups is 1. The molecule has 1 aliphatic heterocycles. The third-order valence-electron chi connectivity index (χ3n) is 6.49. The fourth-order valence-electron chi connectivity index (χ4n) is 4.49. The number of hydrogen-bond donors (Lipinski definition) is 1. The van der Waals surface area contributed by atoms with Crippen molar-refractivity contribution in [2.75, 3.05) is 26.2 Å². The molecule has 2 aromatic heterocycles. The molecule has 0 atom stereocenters.